The minimum absolute atomic E-state index is 0. The van der Waals surface area contributed by atoms with E-state index in [2.05, 4.69) is 42.7 Å². The van der Waals surface area contributed by atoms with Crippen LogP contribution >= 0.6 is 12.4 Å². The Morgan fingerprint density at radius 2 is 1.56 bits per heavy atom. The summed E-state index contributed by atoms with van der Waals surface area (Å²) in [5.74, 6) is 5.47. The van der Waals surface area contributed by atoms with Crippen LogP contribution in [0.1, 0.15) is 5.56 Å². The largest absolute Gasteiger partial charge is 0.324 e. The van der Waals surface area contributed by atoms with Crippen LogP contribution in [0.5, 0.6) is 0 Å². The molecule has 0 bridgehead atoms. The zero-order valence-corrected chi connectivity index (χ0v) is 9.92. The number of para-hydroxylation sites is 1. The van der Waals surface area contributed by atoms with Crippen LogP contribution in [-0.2, 0) is 0 Å². The van der Waals surface area contributed by atoms with Gasteiger partial charge in [-0.15, -0.1) is 12.4 Å². The molecule has 0 amide bonds. The van der Waals surface area contributed by atoms with Crippen LogP contribution in [0, 0.1) is 6.92 Å². The molecule has 2 nitrogen and oxygen atoms in total. The fraction of sp³-hybridized carbons (Fsp3) is 0.0769. The lowest BCUT2D eigenvalue weighted by atomic mass is 10.0. The third-order valence-electron chi connectivity index (χ3n) is 2.45. The third-order valence-corrected chi connectivity index (χ3v) is 2.45. The SMILES string of the molecule is Cc1ccc(-c2ccccc2NN)cc1.Cl. The van der Waals surface area contributed by atoms with Gasteiger partial charge in [-0.3, -0.25) is 5.84 Å². The van der Waals surface area contributed by atoms with E-state index >= 15 is 0 Å². The Hall–Kier alpha value is -1.51. The number of benzene rings is 2. The van der Waals surface area contributed by atoms with Crippen molar-refractivity contribution in [2.75, 3.05) is 5.43 Å². The summed E-state index contributed by atoms with van der Waals surface area (Å²) in [6.07, 6.45) is 0. The summed E-state index contributed by atoms with van der Waals surface area (Å²) in [7, 11) is 0. The van der Waals surface area contributed by atoms with Gasteiger partial charge in [0.15, 0.2) is 0 Å². The Kier molecular flexibility index (Phi) is 4.35. The fourth-order valence-electron chi connectivity index (χ4n) is 1.59. The van der Waals surface area contributed by atoms with E-state index in [1.54, 1.807) is 0 Å². The topological polar surface area (TPSA) is 38.0 Å². The smallest absolute Gasteiger partial charge is 0.0563 e. The average Bonchev–Trinajstić information content (AvgIpc) is 2.30. The monoisotopic (exact) mass is 234 g/mol. The number of hydrogen-bond acceptors (Lipinski definition) is 2. The molecule has 0 atom stereocenters. The van der Waals surface area contributed by atoms with Crippen molar-refractivity contribution in [3.05, 3.63) is 54.1 Å². The lowest BCUT2D eigenvalue weighted by molar-refractivity contribution is 1.35. The summed E-state index contributed by atoms with van der Waals surface area (Å²) >= 11 is 0. The summed E-state index contributed by atoms with van der Waals surface area (Å²) in [5.41, 5.74) is 7.22. The number of hydrogen-bond donors (Lipinski definition) is 2. The summed E-state index contributed by atoms with van der Waals surface area (Å²) in [6.45, 7) is 2.08. The second-order valence-corrected chi connectivity index (χ2v) is 3.56. The van der Waals surface area contributed by atoms with Crippen molar-refractivity contribution in [2.24, 2.45) is 5.84 Å². The first-order valence-electron chi connectivity index (χ1n) is 4.94. The molecule has 0 aromatic heterocycles. The second kappa shape index (κ2) is 5.54. The first kappa shape index (κ1) is 12.6. The molecular formula is C13H15ClN2. The first-order valence-corrected chi connectivity index (χ1v) is 4.94. The van der Waals surface area contributed by atoms with Crippen molar-refractivity contribution in [3.63, 3.8) is 0 Å². The van der Waals surface area contributed by atoms with Crippen molar-refractivity contribution in [2.45, 2.75) is 6.92 Å². The molecule has 0 aliphatic rings. The van der Waals surface area contributed by atoms with Crippen LogP contribution in [0.2, 0.25) is 0 Å². The Morgan fingerprint density at radius 1 is 0.938 bits per heavy atom. The maximum absolute atomic E-state index is 5.47. The molecule has 0 aliphatic carbocycles. The number of nitrogens with one attached hydrogen (secondary N) is 1. The molecule has 3 heteroatoms. The highest BCUT2D eigenvalue weighted by molar-refractivity contribution is 5.85. The molecule has 3 N–H and O–H groups in total. The number of rotatable bonds is 2. The summed E-state index contributed by atoms with van der Waals surface area (Å²) in [5, 5.41) is 0. The van der Waals surface area contributed by atoms with Gasteiger partial charge in [-0.05, 0) is 18.6 Å². The molecule has 0 spiro atoms. The lowest BCUT2D eigenvalue weighted by Crippen LogP contribution is -2.07. The molecule has 0 heterocycles. The van der Waals surface area contributed by atoms with Crippen LogP contribution in [-0.4, -0.2) is 0 Å². The highest BCUT2D eigenvalue weighted by Crippen LogP contribution is 2.26. The minimum Gasteiger partial charge on any atom is -0.324 e. The quantitative estimate of drug-likeness (QED) is 0.618. The molecule has 2 aromatic rings. The fourth-order valence-corrected chi connectivity index (χ4v) is 1.59. The van der Waals surface area contributed by atoms with Gasteiger partial charge in [0.1, 0.15) is 0 Å². The number of aryl methyl sites for hydroxylation is 1. The van der Waals surface area contributed by atoms with Gasteiger partial charge in [0, 0.05) is 5.56 Å². The predicted octanol–water partition coefficient (Wildman–Crippen LogP) is 3.37. The Morgan fingerprint density at radius 3 is 2.19 bits per heavy atom. The van der Waals surface area contributed by atoms with E-state index in [0.717, 1.165) is 11.3 Å². The van der Waals surface area contributed by atoms with Crippen LogP contribution < -0.4 is 11.3 Å². The molecule has 0 unspecified atom stereocenters. The molecule has 0 saturated carbocycles. The zero-order chi connectivity index (χ0) is 10.7. The van der Waals surface area contributed by atoms with Gasteiger partial charge < -0.3 is 5.43 Å². The van der Waals surface area contributed by atoms with Crippen molar-refractivity contribution in [1.29, 1.82) is 0 Å². The number of hydrazine groups is 1. The Labute approximate surface area is 102 Å². The van der Waals surface area contributed by atoms with Gasteiger partial charge in [0.25, 0.3) is 0 Å². The third kappa shape index (κ3) is 2.54. The normalized spacial score (nSPS) is 9.38. The number of nitrogens with two attached hydrogens (primary N) is 1. The summed E-state index contributed by atoms with van der Waals surface area (Å²) in [6, 6.07) is 16.4. The molecule has 2 aromatic carbocycles. The van der Waals surface area contributed by atoms with Gasteiger partial charge >= 0.3 is 0 Å². The van der Waals surface area contributed by atoms with E-state index in [1.165, 1.54) is 11.1 Å². The van der Waals surface area contributed by atoms with Crippen LogP contribution in [0.25, 0.3) is 11.1 Å². The molecule has 0 saturated heterocycles. The first-order chi connectivity index (χ1) is 7.31. The van der Waals surface area contributed by atoms with Crippen LogP contribution in [0.4, 0.5) is 5.69 Å². The number of halogens is 1. The minimum atomic E-state index is 0. The summed E-state index contributed by atoms with van der Waals surface area (Å²) < 4.78 is 0. The van der Waals surface area contributed by atoms with Gasteiger partial charge in [0.05, 0.1) is 5.69 Å². The van der Waals surface area contributed by atoms with E-state index in [0.29, 0.717) is 0 Å². The van der Waals surface area contributed by atoms with Gasteiger partial charge in [-0.2, -0.15) is 0 Å². The van der Waals surface area contributed by atoms with Gasteiger partial charge in [-0.1, -0.05) is 48.0 Å². The highest BCUT2D eigenvalue weighted by Gasteiger charge is 2.01. The van der Waals surface area contributed by atoms with Gasteiger partial charge in [0.2, 0.25) is 0 Å². The van der Waals surface area contributed by atoms with Crippen molar-refractivity contribution >= 4 is 18.1 Å². The molecule has 2 rings (SSSR count). The van der Waals surface area contributed by atoms with Crippen LogP contribution in [0.15, 0.2) is 48.5 Å². The zero-order valence-electron chi connectivity index (χ0n) is 9.10. The van der Waals surface area contributed by atoms with E-state index in [1.807, 2.05) is 18.2 Å². The lowest BCUT2D eigenvalue weighted by Gasteiger charge is -2.08. The number of anilines is 1. The van der Waals surface area contributed by atoms with E-state index in [4.69, 9.17) is 5.84 Å². The van der Waals surface area contributed by atoms with Gasteiger partial charge in [-0.25, -0.2) is 0 Å². The van der Waals surface area contributed by atoms with Crippen molar-refractivity contribution in [1.82, 2.24) is 0 Å². The molecule has 0 aliphatic heterocycles. The average molecular weight is 235 g/mol. The highest BCUT2D eigenvalue weighted by atomic mass is 35.5. The molecule has 84 valence electrons. The molecule has 0 fully saturated rings. The van der Waals surface area contributed by atoms with Crippen molar-refractivity contribution < 1.29 is 0 Å². The summed E-state index contributed by atoms with van der Waals surface area (Å²) in [4.78, 5) is 0. The Balaban J connectivity index is 0.00000128. The molecular weight excluding hydrogens is 220 g/mol. The molecule has 0 radical (unpaired) electrons. The Bertz CT molecular complexity index is 452. The number of nitrogen functional groups attached to an aromatic ring is 1. The standard InChI is InChI=1S/C13H14N2.ClH/c1-10-6-8-11(9-7-10)12-4-2-3-5-13(12)15-14;/h2-9,15H,14H2,1H3;1H. The molecule has 16 heavy (non-hydrogen) atoms. The maximum atomic E-state index is 5.47. The second-order valence-electron chi connectivity index (χ2n) is 3.56. The predicted molar refractivity (Wildman–Crippen MR) is 71.7 cm³/mol. The van der Waals surface area contributed by atoms with E-state index in [-0.39, 0.29) is 12.4 Å². The van der Waals surface area contributed by atoms with Crippen LogP contribution in [0.3, 0.4) is 0 Å². The van der Waals surface area contributed by atoms with E-state index < -0.39 is 0 Å². The van der Waals surface area contributed by atoms with E-state index in [9.17, 15) is 0 Å². The van der Waals surface area contributed by atoms with Crippen molar-refractivity contribution in [3.8, 4) is 11.1 Å². The maximum Gasteiger partial charge on any atom is 0.0563 e.